The van der Waals surface area contributed by atoms with Gasteiger partial charge in [0, 0.05) is 10.7 Å². The summed E-state index contributed by atoms with van der Waals surface area (Å²) in [5.41, 5.74) is 1.61. The van der Waals surface area contributed by atoms with E-state index in [2.05, 4.69) is 20.9 Å². The van der Waals surface area contributed by atoms with E-state index in [1.807, 2.05) is 6.07 Å². The molecule has 0 bridgehead atoms. The van der Waals surface area contributed by atoms with Crippen molar-refractivity contribution < 1.29 is 18.7 Å². The molecule has 0 atom stereocenters. The number of thiocarbonyl (C=S) groups is 1. The van der Waals surface area contributed by atoms with Crippen molar-refractivity contribution in [2.45, 2.75) is 0 Å². The van der Waals surface area contributed by atoms with E-state index in [9.17, 15) is 9.59 Å². The van der Waals surface area contributed by atoms with Gasteiger partial charge in [-0.1, -0.05) is 22.9 Å². The number of hydrogen-bond acceptors (Lipinski definition) is 7. The lowest BCUT2D eigenvalue weighted by molar-refractivity contribution is 0.0972. The highest BCUT2D eigenvalue weighted by molar-refractivity contribution is 7.80. The molecule has 3 N–H and O–H groups in total. The van der Waals surface area contributed by atoms with Crippen LogP contribution in [0.4, 0.5) is 10.8 Å². The molecular weight excluding hydrogens is 472 g/mol. The van der Waals surface area contributed by atoms with Crippen molar-refractivity contribution >= 4 is 73.1 Å². The number of nitrogens with one attached hydrogen (secondary N) is 3. The molecule has 162 valence electrons. The molecule has 0 saturated carbocycles. The number of halogens is 1. The van der Waals surface area contributed by atoms with E-state index in [1.54, 1.807) is 36.4 Å². The second-order valence-electron chi connectivity index (χ2n) is 6.39. The number of benzene rings is 2. The summed E-state index contributed by atoms with van der Waals surface area (Å²) < 4.78 is 11.1. The summed E-state index contributed by atoms with van der Waals surface area (Å²) in [5, 5.41) is 9.21. The molecule has 2 aromatic heterocycles. The van der Waals surface area contributed by atoms with Gasteiger partial charge in [0.2, 0.25) is 0 Å². The summed E-state index contributed by atoms with van der Waals surface area (Å²) in [5.74, 6) is -0.259. The highest BCUT2D eigenvalue weighted by Crippen LogP contribution is 2.29. The number of amides is 2. The van der Waals surface area contributed by atoms with Crippen molar-refractivity contribution in [2.75, 3.05) is 17.7 Å². The number of methoxy groups -OCH3 is 1. The molecular formula is C21H15ClN4O4S2. The summed E-state index contributed by atoms with van der Waals surface area (Å²) in [6.07, 6.45) is 1.43. The maximum absolute atomic E-state index is 12.6. The number of thiazole rings is 1. The zero-order valence-corrected chi connectivity index (χ0v) is 18.9. The molecule has 2 amide bonds. The van der Waals surface area contributed by atoms with Gasteiger partial charge in [0.1, 0.15) is 5.75 Å². The van der Waals surface area contributed by atoms with Gasteiger partial charge < -0.3 is 14.5 Å². The van der Waals surface area contributed by atoms with Gasteiger partial charge in [0.15, 0.2) is 16.0 Å². The lowest BCUT2D eigenvalue weighted by Gasteiger charge is -2.12. The molecule has 11 heteroatoms. The number of carbonyl (C=O) groups excluding carboxylic acids is 2. The van der Waals surface area contributed by atoms with Crippen molar-refractivity contribution in [1.29, 1.82) is 0 Å². The molecule has 0 unspecified atom stereocenters. The summed E-state index contributed by atoms with van der Waals surface area (Å²) in [6.45, 7) is 0. The van der Waals surface area contributed by atoms with Gasteiger partial charge in [-0.25, -0.2) is 4.98 Å². The van der Waals surface area contributed by atoms with Gasteiger partial charge in [-0.05, 0) is 60.7 Å². The van der Waals surface area contributed by atoms with E-state index in [0.717, 1.165) is 4.70 Å². The summed E-state index contributed by atoms with van der Waals surface area (Å²) >= 11 is 12.5. The Morgan fingerprint density at radius 1 is 1.12 bits per heavy atom. The fraction of sp³-hybridized carbons (Fsp3) is 0.0476. The molecule has 32 heavy (non-hydrogen) atoms. The van der Waals surface area contributed by atoms with Crippen LogP contribution < -0.4 is 20.7 Å². The smallest absolute Gasteiger partial charge is 0.293 e. The molecule has 0 saturated heterocycles. The van der Waals surface area contributed by atoms with Crippen molar-refractivity contribution in [3.05, 3.63) is 71.1 Å². The molecule has 4 rings (SSSR count). The predicted octanol–water partition coefficient (Wildman–Crippen LogP) is 4.93. The Kier molecular flexibility index (Phi) is 6.35. The SMILES string of the molecule is COc1ccc(Cl)cc1C(=O)NC(=S)Nc1ccc2nc(NC(=O)c3ccco3)sc2c1. The fourth-order valence-electron chi connectivity index (χ4n) is 2.81. The summed E-state index contributed by atoms with van der Waals surface area (Å²) in [7, 11) is 1.46. The Balaban J connectivity index is 1.44. The van der Waals surface area contributed by atoms with E-state index in [4.69, 9.17) is 33.0 Å². The number of fused-ring (bicyclic) bond motifs is 1. The van der Waals surface area contributed by atoms with Crippen LogP contribution in [0, 0.1) is 0 Å². The number of ether oxygens (including phenoxy) is 1. The fourth-order valence-corrected chi connectivity index (χ4v) is 4.10. The van der Waals surface area contributed by atoms with Gasteiger partial charge in [-0.2, -0.15) is 0 Å². The van der Waals surface area contributed by atoms with E-state index in [0.29, 0.717) is 27.1 Å². The molecule has 0 aliphatic rings. The largest absolute Gasteiger partial charge is 0.496 e. The van der Waals surface area contributed by atoms with Gasteiger partial charge in [0.25, 0.3) is 11.8 Å². The summed E-state index contributed by atoms with van der Waals surface area (Å²) in [4.78, 5) is 29.1. The van der Waals surface area contributed by atoms with Crippen molar-refractivity contribution in [3.8, 4) is 5.75 Å². The molecule has 2 aromatic carbocycles. The quantitative estimate of drug-likeness (QED) is 0.343. The first-order chi connectivity index (χ1) is 15.4. The standard InChI is InChI=1S/C21H15ClN4O4S2/c1-29-15-7-4-11(22)9-13(15)18(27)25-20(31)23-12-5-6-14-17(10-12)32-21(24-14)26-19(28)16-3-2-8-30-16/h2-10H,1H3,(H,24,26,28)(H2,23,25,27,31). The Hall–Kier alpha value is -3.47. The zero-order chi connectivity index (χ0) is 22.7. The lowest BCUT2D eigenvalue weighted by Crippen LogP contribution is -2.34. The van der Waals surface area contributed by atoms with Gasteiger partial charge in [0.05, 0.1) is 29.2 Å². The van der Waals surface area contributed by atoms with Crippen molar-refractivity contribution in [1.82, 2.24) is 10.3 Å². The van der Waals surface area contributed by atoms with Crippen LogP contribution in [0.5, 0.6) is 5.75 Å². The average molecular weight is 487 g/mol. The molecule has 0 aliphatic heterocycles. The van der Waals surface area contributed by atoms with Crippen LogP contribution in [0.25, 0.3) is 10.2 Å². The summed E-state index contributed by atoms with van der Waals surface area (Å²) in [6, 6.07) is 13.3. The normalized spacial score (nSPS) is 10.6. The Bertz CT molecular complexity index is 1320. The van der Waals surface area contributed by atoms with E-state index < -0.39 is 5.91 Å². The molecule has 2 heterocycles. The minimum atomic E-state index is -0.455. The van der Waals surface area contributed by atoms with E-state index in [1.165, 1.54) is 30.8 Å². The molecule has 8 nitrogen and oxygen atoms in total. The van der Waals surface area contributed by atoms with Crippen LogP contribution >= 0.6 is 35.2 Å². The predicted molar refractivity (Wildman–Crippen MR) is 128 cm³/mol. The minimum absolute atomic E-state index is 0.104. The zero-order valence-electron chi connectivity index (χ0n) is 16.5. The van der Waals surface area contributed by atoms with E-state index >= 15 is 0 Å². The first-order valence-electron chi connectivity index (χ1n) is 9.14. The Labute approximate surface area is 196 Å². The molecule has 0 radical (unpaired) electrons. The third kappa shape index (κ3) is 4.88. The Morgan fingerprint density at radius 3 is 2.72 bits per heavy atom. The highest BCUT2D eigenvalue weighted by atomic mass is 35.5. The van der Waals surface area contributed by atoms with Gasteiger partial charge >= 0.3 is 0 Å². The molecule has 0 fully saturated rings. The Morgan fingerprint density at radius 2 is 1.97 bits per heavy atom. The van der Waals surface area contributed by atoms with Crippen LogP contribution in [0.1, 0.15) is 20.9 Å². The molecule has 4 aromatic rings. The number of rotatable bonds is 5. The number of furan rings is 1. The first-order valence-corrected chi connectivity index (χ1v) is 10.7. The molecule has 0 spiro atoms. The van der Waals surface area contributed by atoms with Crippen molar-refractivity contribution in [2.24, 2.45) is 0 Å². The average Bonchev–Trinajstić information content (AvgIpc) is 3.43. The van der Waals surface area contributed by atoms with Crippen LogP contribution in [-0.2, 0) is 0 Å². The second-order valence-corrected chi connectivity index (χ2v) is 8.26. The maximum Gasteiger partial charge on any atom is 0.293 e. The number of anilines is 2. The highest BCUT2D eigenvalue weighted by Gasteiger charge is 2.15. The lowest BCUT2D eigenvalue weighted by atomic mass is 10.2. The minimum Gasteiger partial charge on any atom is -0.496 e. The first kappa shape index (κ1) is 21.8. The van der Waals surface area contributed by atoms with Gasteiger partial charge in [-0.15, -0.1) is 0 Å². The van der Waals surface area contributed by atoms with Crippen LogP contribution in [-0.4, -0.2) is 29.0 Å². The second kappa shape index (κ2) is 9.35. The third-order valence-electron chi connectivity index (χ3n) is 4.24. The number of aromatic nitrogens is 1. The number of carbonyl (C=O) groups is 2. The maximum atomic E-state index is 12.6. The van der Waals surface area contributed by atoms with E-state index in [-0.39, 0.29) is 22.3 Å². The van der Waals surface area contributed by atoms with Crippen LogP contribution in [0.3, 0.4) is 0 Å². The molecule has 0 aliphatic carbocycles. The van der Waals surface area contributed by atoms with Crippen LogP contribution in [0.15, 0.2) is 59.2 Å². The number of hydrogen-bond donors (Lipinski definition) is 3. The van der Waals surface area contributed by atoms with Gasteiger partial charge in [-0.3, -0.25) is 20.2 Å². The number of nitrogens with zero attached hydrogens (tertiary/aromatic N) is 1. The monoisotopic (exact) mass is 486 g/mol. The topological polar surface area (TPSA) is 105 Å². The van der Waals surface area contributed by atoms with Crippen LogP contribution in [0.2, 0.25) is 5.02 Å². The van der Waals surface area contributed by atoms with Crippen molar-refractivity contribution in [3.63, 3.8) is 0 Å². The third-order valence-corrected chi connectivity index (χ3v) is 5.62.